The highest BCUT2D eigenvalue weighted by molar-refractivity contribution is 9.09. The predicted octanol–water partition coefficient (Wildman–Crippen LogP) is 2.93. The van der Waals surface area contributed by atoms with Gasteiger partial charge >= 0.3 is 6.09 Å². The summed E-state index contributed by atoms with van der Waals surface area (Å²) in [4.78, 5) is 11.3. The highest BCUT2D eigenvalue weighted by Crippen LogP contribution is 2.34. The van der Waals surface area contributed by atoms with Gasteiger partial charge in [0.2, 0.25) is 0 Å². The molecule has 3 nitrogen and oxygen atoms in total. The fraction of sp³-hybridized carbons (Fsp3) is 0.909. The fourth-order valence-electron chi connectivity index (χ4n) is 1.71. The number of carbonyl (C=O) groups excluding carboxylic acids is 1. The first-order valence-electron chi connectivity index (χ1n) is 5.43. The summed E-state index contributed by atoms with van der Waals surface area (Å²) >= 11 is 3.46. The molecule has 1 amide bonds. The minimum absolute atomic E-state index is 0.301. The molecule has 88 valence electrons. The van der Waals surface area contributed by atoms with Gasteiger partial charge in [-0.25, -0.2) is 4.79 Å². The first-order valence-corrected chi connectivity index (χ1v) is 6.55. The van der Waals surface area contributed by atoms with Crippen LogP contribution in [0.25, 0.3) is 0 Å². The third kappa shape index (κ3) is 4.87. The highest BCUT2D eigenvalue weighted by atomic mass is 79.9. The normalized spacial score (nSPS) is 25.6. The van der Waals surface area contributed by atoms with Crippen LogP contribution in [0.4, 0.5) is 4.79 Å². The summed E-state index contributed by atoms with van der Waals surface area (Å²) in [5.74, 6) is 1.44. The molecule has 1 N–H and O–H groups in total. The van der Waals surface area contributed by atoms with Crippen LogP contribution in [0.2, 0.25) is 0 Å². The SMILES string of the molecule is CC(C)(C)OC(=O)NCC1CC(CBr)C1. The molecule has 1 rings (SSSR count). The maximum Gasteiger partial charge on any atom is 0.407 e. The minimum Gasteiger partial charge on any atom is -0.444 e. The van der Waals surface area contributed by atoms with E-state index in [1.165, 1.54) is 12.8 Å². The summed E-state index contributed by atoms with van der Waals surface area (Å²) in [6.45, 7) is 6.36. The summed E-state index contributed by atoms with van der Waals surface area (Å²) in [6, 6.07) is 0. The zero-order valence-corrected chi connectivity index (χ0v) is 11.3. The van der Waals surface area contributed by atoms with E-state index < -0.39 is 5.60 Å². The number of hydrogen-bond donors (Lipinski definition) is 1. The molecule has 1 aliphatic rings. The second kappa shape index (κ2) is 5.19. The number of hydrogen-bond acceptors (Lipinski definition) is 2. The smallest absolute Gasteiger partial charge is 0.407 e. The summed E-state index contributed by atoms with van der Waals surface area (Å²) in [6.07, 6.45) is 2.12. The van der Waals surface area contributed by atoms with E-state index in [4.69, 9.17) is 4.74 Å². The van der Waals surface area contributed by atoms with Crippen molar-refractivity contribution in [2.75, 3.05) is 11.9 Å². The molecule has 0 spiro atoms. The Kier molecular flexibility index (Phi) is 4.44. The summed E-state index contributed by atoms with van der Waals surface area (Å²) in [7, 11) is 0. The Morgan fingerprint density at radius 2 is 2.00 bits per heavy atom. The van der Waals surface area contributed by atoms with E-state index in [2.05, 4.69) is 21.2 Å². The topological polar surface area (TPSA) is 38.3 Å². The molecule has 1 fully saturated rings. The van der Waals surface area contributed by atoms with Crippen LogP contribution in [0.1, 0.15) is 33.6 Å². The molecule has 0 heterocycles. The Bertz CT molecular complexity index is 219. The van der Waals surface area contributed by atoms with Crippen molar-refractivity contribution >= 4 is 22.0 Å². The van der Waals surface area contributed by atoms with Gasteiger partial charge in [0.1, 0.15) is 5.60 Å². The van der Waals surface area contributed by atoms with E-state index in [9.17, 15) is 4.79 Å². The van der Waals surface area contributed by atoms with Gasteiger partial charge < -0.3 is 10.1 Å². The Morgan fingerprint density at radius 1 is 1.40 bits per heavy atom. The van der Waals surface area contributed by atoms with Gasteiger partial charge in [-0.2, -0.15) is 0 Å². The van der Waals surface area contributed by atoms with E-state index >= 15 is 0 Å². The van der Waals surface area contributed by atoms with Crippen molar-refractivity contribution in [1.82, 2.24) is 5.32 Å². The lowest BCUT2D eigenvalue weighted by atomic mass is 9.76. The van der Waals surface area contributed by atoms with Gasteiger partial charge in [0.05, 0.1) is 0 Å². The summed E-state index contributed by atoms with van der Waals surface area (Å²) < 4.78 is 5.15. The van der Waals surface area contributed by atoms with E-state index in [0.29, 0.717) is 5.92 Å². The maximum absolute atomic E-state index is 11.3. The van der Waals surface area contributed by atoms with E-state index in [1.54, 1.807) is 0 Å². The van der Waals surface area contributed by atoms with Crippen LogP contribution >= 0.6 is 15.9 Å². The van der Waals surface area contributed by atoms with Crippen LogP contribution in [0.3, 0.4) is 0 Å². The molecule has 4 heteroatoms. The van der Waals surface area contributed by atoms with Gasteiger partial charge in [-0.15, -0.1) is 0 Å². The standard InChI is InChI=1S/C11H20BrNO2/c1-11(2,3)15-10(14)13-7-9-4-8(5-9)6-12/h8-9H,4-7H2,1-3H3,(H,13,14). The molecule has 0 aromatic rings. The number of nitrogens with one attached hydrogen (secondary N) is 1. The van der Waals surface area contributed by atoms with Crippen molar-refractivity contribution in [3.8, 4) is 0 Å². The monoisotopic (exact) mass is 277 g/mol. The van der Waals surface area contributed by atoms with Gasteiger partial charge in [0.15, 0.2) is 0 Å². The third-order valence-electron chi connectivity index (χ3n) is 2.49. The molecule has 0 saturated heterocycles. The Hall–Kier alpha value is -0.250. The highest BCUT2D eigenvalue weighted by Gasteiger charge is 2.28. The number of halogens is 1. The number of alkyl carbamates (subject to hydrolysis) is 1. The van der Waals surface area contributed by atoms with Gasteiger partial charge in [0, 0.05) is 11.9 Å². The Balaban J connectivity index is 2.08. The zero-order valence-electron chi connectivity index (χ0n) is 9.68. The molecule has 15 heavy (non-hydrogen) atoms. The number of rotatable bonds is 3. The maximum atomic E-state index is 11.3. The Morgan fingerprint density at radius 3 is 2.47 bits per heavy atom. The molecule has 0 unspecified atom stereocenters. The van der Waals surface area contributed by atoms with Crippen LogP contribution in [0, 0.1) is 11.8 Å². The molecule has 1 saturated carbocycles. The minimum atomic E-state index is -0.401. The predicted molar refractivity (Wildman–Crippen MR) is 64.2 cm³/mol. The molecule has 1 aliphatic carbocycles. The van der Waals surface area contributed by atoms with Crippen molar-refractivity contribution in [3.05, 3.63) is 0 Å². The van der Waals surface area contributed by atoms with Gasteiger partial charge in [-0.1, -0.05) is 15.9 Å². The van der Waals surface area contributed by atoms with Crippen LogP contribution in [0.15, 0.2) is 0 Å². The van der Waals surface area contributed by atoms with E-state index in [1.807, 2.05) is 20.8 Å². The van der Waals surface area contributed by atoms with Gasteiger partial charge in [-0.3, -0.25) is 0 Å². The fourth-order valence-corrected chi connectivity index (χ4v) is 2.24. The molecule has 0 bridgehead atoms. The first-order chi connectivity index (χ1) is 6.90. The van der Waals surface area contributed by atoms with Crippen molar-refractivity contribution < 1.29 is 9.53 Å². The summed E-state index contributed by atoms with van der Waals surface area (Å²) in [5.41, 5.74) is -0.401. The molecular weight excluding hydrogens is 258 g/mol. The van der Waals surface area contributed by atoms with Crippen LogP contribution < -0.4 is 5.32 Å². The number of alkyl halides is 1. The van der Waals surface area contributed by atoms with Crippen molar-refractivity contribution in [3.63, 3.8) is 0 Å². The third-order valence-corrected chi connectivity index (χ3v) is 3.40. The second-order valence-electron chi connectivity index (χ2n) is 5.24. The number of ether oxygens (including phenoxy) is 1. The van der Waals surface area contributed by atoms with Crippen molar-refractivity contribution in [2.45, 2.75) is 39.2 Å². The van der Waals surface area contributed by atoms with Crippen LogP contribution in [-0.2, 0) is 4.74 Å². The lowest BCUT2D eigenvalue weighted by Crippen LogP contribution is -2.39. The molecule has 0 aliphatic heterocycles. The van der Waals surface area contributed by atoms with Crippen LogP contribution in [0.5, 0.6) is 0 Å². The number of carbonyl (C=O) groups is 1. The average Bonchev–Trinajstić information content (AvgIpc) is 1.98. The molecule has 0 radical (unpaired) electrons. The largest absolute Gasteiger partial charge is 0.444 e. The van der Waals surface area contributed by atoms with Gasteiger partial charge in [-0.05, 0) is 45.4 Å². The second-order valence-corrected chi connectivity index (χ2v) is 5.89. The Labute approximate surface area is 100 Å². The van der Waals surface area contributed by atoms with E-state index in [0.717, 1.165) is 17.8 Å². The van der Waals surface area contributed by atoms with E-state index in [-0.39, 0.29) is 6.09 Å². The molecular formula is C11H20BrNO2. The summed E-state index contributed by atoms with van der Waals surface area (Å²) in [5, 5.41) is 3.89. The quantitative estimate of drug-likeness (QED) is 0.806. The molecule has 0 aromatic heterocycles. The molecule has 0 atom stereocenters. The number of amides is 1. The van der Waals surface area contributed by atoms with Crippen LogP contribution in [-0.4, -0.2) is 23.6 Å². The van der Waals surface area contributed by atoms with Crippen molar-refractivity contribution in [2.24, 2.45) is 11.8 Å². The lowest BCUT2D eigenvalue weighted by molar-refractivity contribution is 0.0501. The molecule has 0 aromatic carbocycles. The van der Waals surface area contributed by atoms with Gasteiger partial charge in [0.25, 0.3) is 0 Å². The lowest BCUT2D eigenvalue weighted by Gasteiger charge is -2.34. The zero-order chi connectivity index (χ0) is 11.5. The first kappa shape index (κ1) is 12.8. The average molecular weight is 278 g/mol. The van der Waals surface area contributed by atoms with Crippen molar-refractivity contribution in [1.29, 1.82) is 0 Å².